The van der Waals surface area contributed by atoms with Crippen LogP contribution in [0.25, 0.3) is 0 Å². The number of hydrogen-bond acceptors (Lipinski definition) is 3. The number of fused-ring (bicyclic) bond motifs is 1. The molecule has 2 aromatic rings. The molecule has 0 saturated carbocycles. The maximum Gasteiger partial charge on any atom is 0.255 e. The van der Waals surface area contributed by atoms with Gasteiger partial charge in [-0.15, -0.1) is 0 Å². The zero-order chi connectivity index (χ0) is 16.4. The lowest BCUT2D eigenvalue weighted by Gasteiger charge is -2.26. The molecule has 0 fully saturated rings. The number of ether oxygens (including phenoxy) is 1. The lowest BCUT2D eigenvalue weighted by Crippen LogP contribution is -2.27. The van der Waals surface area contributed by atoms with Gasteiger partial charge in [0.1, 0.15) is 5.75 Å². The topological polar surface area (TPSA) is 41.6 Å². The molecule has 0 unspecified atom stereocenters. The van der Waals surface area contributed by atoms with Gasteiger partial charge in [-0.2, -0.15) is 0 Å². The van der Waals surface area contributed by atoms with Crippen LogP contribution in [-0.2, 0) is 13.0 Å². The van der Waals surface area contributed by atoms with Crippen molar-refractivity contribution in [2.75, 3.05) is 26.0 Å². The first-order valence-electron chi connectivity index (χ1n) is 7.52. The van der Waals surface area contributed by atoms with E-state index in [2.05, 4.69) is 39.3 Å². The summed E-state index contributed by atoms with van der Waals surface area (Å²) in [5, 5.41) is 3.05. The number of halogens is 1. The number of nitrogens with one attached hydrogen (secondary N) is 1. The third-order valence-corrected chi connectivity index (χ3v) is 4.74. The molecule has 0 spiro atoms. The van der Waals surface area contributed by atoms with Gasteiger partial charge in [-0.3, -0.25) is 4.79 Å². The highest BCUT2D eigenvalue weighted by Gasteiger charge is 2.18. The van der Waals surface area contributed by atoms with Crippen molar-refractivity contribution in [3.8, 4) is 5.75 Å². The van der Waals surface area contributed by atoms with Crippen molar-refractivity contribution in [1.29, 1.82) is 0 Å². The van der Waals surface area contributed by atoms with E-state index in [1.54, 1.807) is 25.3 Å². The van der Waals surface area contributed by atoms with E-state index >= 15 is 0 Å². The van der Waals surface area contributed by atoms with Crippen LogP contribution in [0.3, 0.4) is 0 Å². The van der Waals surface area contributed by atoms with Crippen LogP contribution in [0.5, 0.6) is 5.75 Å². The van der Waals surface area contributed by atoms with Crippen molar-refractivity contribution in [3.63, 3.8) is 0 Å². The lowest BCUT2D eigenvalue weighted by atomic mass is 9.98. The Kier molecular flexibility index (Phi) is 4.68. The first-order valence-corrected chi connectivity index (χ1v) is 8.32. The molecule has 2 aromatic carbocycles. The Bertz CT molecular complexity index is 746. The van der Waals surface area contributed by atoms with Crippen molar-refractivity contribution in [1.82, 2.24) is 4.90 Å². The van der Waals surface area contributed by atoms with Gasteiger partial charge >= 0.3 is 0 Å². The van der Waals surface area contributed by atoms with Crippen molar-refractivity contribution < 1.29 is 9.53 Å². The molecule has 1 aliphatic rings. The predicted octanol–water partition coefficient (Wildman–Crippen LogP) is 3.70. The highest BCUT2D eigenvalue weighted by Crippen LogP contribution is 2.28. The molecule has 1 heterocycles. The van der Waals surface area contributed by atoms with E-state index in [0.717, 1.165) is 29.7 Å². The summed E-state index contributed by atoms with van der Waals surface area (Å²) in [6.07, 6.45) is 0.953. The summed E-state index contributed by atoms with van der Waals surface area (Å²) in [4.78, 5) is 14.8. The second kappa shape index (κ2) is 6.72. The Balaban J connectivity index is 1.84. The van der Waals surface area contributed by atoms with E-state index in [1.807, 2.05) is 12.1 Å². The third-order valence-electron chi connectivity index (χ3n) is 4.12. The van der Waals surface area contributed by atoms with Gasteiger partial charge in [0.25, 0.3) is 5.91 Å². The van der Waals surface area contributed by atoms with E-state index in [9.17, 15) is 4.79 Å². The van der Waals surface area contributed by atoms with Gasteiger partial charge in [-0.25, -0.2) is 0 Å². The second-order valence-corrected chi connectivity index (χ2v) is 6.59. The van der Waals surface area contributed by atoms with Gasteiger partial charge in [0.05, 0.1) is 11.6 Å². The molecule has 1 amide bonds. The number of amides is 1. The zero-order valence-corrected chi connectivity index (χ0v) is 14.8. The summed E-state index contributed by atoms with van der Waals surface area (Å²) in [6, 6.07) is 11.4. The number of likely N-dealkylation sites (N-methyl/N-ethyl adjacent to an activating group) is 1. The Labute approximate surface area is 144 Å². The van der Waals surface area contributed by atoms with Gasteiger partial charge in [0, 0.05) is 24.3 Å². The number of carbonyl (C=O) groups is 1. The molecule has 120 valence electrons. The summed E-state index contributed by atoms with van der Waals surface area (Å²) in [6.45, 7) is 1.93. The lowest BCUT2D eigenvalue weighted by molar-refractivity contribution is 0.102. The van der Waals surface area contributed by atoms with Gasteiger partial charge in [0.15, 0.2) is 0 Å². The van der Waals surface area contributed by atoms with Crippen LogP contribution >= 0.6 is 15.9 Å². The molecule has 1 aliphatic heterocycles. The predicted molar refractivity (Wildman–Crippen MR) is 95.1 cm³/mol. The fourth-order valence-corrected chi connectivity index (χ4v) is 3.41. The summed E-state index contributed by atoms with van der Waals surface area (Å²) in [7, 11) is 3.72. The Morgan fingerprint density at radius 2 is 2.13 bits per heavy atom. The molecule has 1 N–H and O–H groups in total. The molecular formula is C18H19BrN2O2. The van der Waals surface area contributed by atoms with Crippen LogP contribution < -0.4 is 10.1 Å². The molecule has 23 heavy (non-hydrogen) atoms. The van der Waals surface area contributed by atoms with Gasteiger partial charge in [-0.05, 0) is 64.8 Å². The fraction of sp³-hybridized carbons (Fsp3) is 0.278. The number of hydrogen-bond donors (Lipinski definition) is 1. The molecule has 3 rings (SSSR count). The Hall–Kier alpha value is -1.85. The van der Waals surface area contributed by atoms with Crippen LogP contribution in [0, 0.1) is 0 Å². The number of carbonyl (C=O) groups excluding carboxylic acids is 1. The number of methoxy groups -OCH3 is 1. The number of rotatable bonds is 3. The third kappa shape index (κ3) is 3.41. The summed E-state index contributed by atoms with van der Waals surface area (Å²) in [5.74, 6) is 0.599. The molecule has 0 radical (unpaired) electrons. The Morgan fingerprint density at radius 3 is 2.87 bits per heavy atom. The maximum atomic E-state index is 12.5. The van der Waals surface area contributed by atoms with Gasteiger partial charge in [-0.1, -0.05) is 12.1 Å². The molecule has 4 nitrogen and oxygen atoms in total. The van der Waals surface area contributed by atoms with Crippen LogP contribution in [-0.4, -0.2) is 31.5 Å². The Morgan fingerprint density at radius 1 is 1.30 bits per heavy atom. The second-order valence-electron chi connectivity index (χ2n) is 5.73. The highest BCUT2D eigenvalue weighted by molar-refractivity contribution is 9.10. The average Bonchev–Trinajstić information content (AvgIpc) is 2.54. The normalized spacial score (nSPS) is 14.2. The van der Waals surface area contributed by atoms with Crippen LogP contribution in [0.15, 0.2) is 40.9 Å². The quantitative estimate of drug-likeness (QED) is 0.890. The number of nitrogens with zero attached hydrogens (tertiary/aromatic N) is 1. The van der Waals surface area contributed by atoms with Crippen molar-refractivity contribution in [2.45, 2.75) is 13.0 Å². The number of anilines is 1. The zero-order valence-electron chi connectivity index (χ0n) is 13.2. The van der Waals surface area contributed by atoms with Crippen molar-refractivity contribution in [2.24, 2.45) is 0 Å². The summed E-state index contributed by atoms with van der Waals surface area (Å²) >= 11 is 3.42. The minimum atomic E-state index is -0.110. The molecule has 0 saturated heterocycles. The summed E-state index contributed by atoms with van der Waals surface area (Å²) < 4.78 is 5.97. The molecular weight excluding hydrogens is 356 g/mol. The first kappa shape index (κ1) is 16.0. The van der Waals surface area contributed by atoms with Crippen LogP contribution in [0.4, 0.5) is 5.69 Å². The summed E-state index contributed by atoms with van der Waals surface area (Å²) in [5.41, 5.74) is 4.04. The maximum absolute atomic E-state index is 12.5. The van der Waals surface area contributed by atoms with Crippen LogP contribution in [0.2, 0.25) is 0 Å². The first-order chi connectivity index (χ1) is 11.1. The molecule has 0 atom stereocenters. The fourth-order valence-electron chi connectivity index (χ4n) is 2.87. The van der Waals surface area contributed by atoms with Crippen LogP contribution in [0.1, 0.15) is 21.5 Å². The standard InChI is InChI=1S/C18H19BrN2O2/c1-21-9-8-14-13(11-21)4-3-5-16(14)20-18(22)12-6-7-17(23-2)15(19)10-12/h3-7,10H,8-9,11H2,1-2H3,(H,20,22). The SMILES string of the molecule is COc1ccc(C(=O)Nc2cccc3c2CCN(C)C3)cc1Br. The van der Waals surface area contributed by atoms with E-state index < -0.39 is 0 Å². The van der Waals surface area contributed by atoms with E-state index in [4.69, 9.17) is 4.74 Å². The average molecular weight is 375 g/mol. The smallest absolute Gasteiger partial charge is 0.255 e. The van der Waals surface area contributed by atoms with Crippen molar-refractivity contribution >= 4 is 27.5 Å². The molecule has 0 aromatic heterocycles. The monoisotopic (exact) mass is 374 g/mol. The van der Waals surface area contributed by atoms with Gasteiger partial charge < -0.3 is 15.0 Å². The minimum absolute atomic E-state index is 0.110. The van der Waals surface area contributed by atoms with E-state index in [-0.39, 0.29) is 5.91 Å². The van der Waals surface area contributed by atoms with E-state index in [0.29, 0.717) is 11.3 Å². The minimum Gasteiger partial charge on any atom is -0.496 e. The van der Waals surface area contributed by atoms with Crippen molar-refractivity contribution in [3.05, 3.63) is 57.6 Å². The number of benzene rings is 2. The highest BCUT2D eigenvalue weighted by atomic mass is 79.9. The largest absolute Gasteiger partial charge is 0.496 e. The van der Waals surface area contributed by atoms with E-state index in [1.165, 1.54) is 11.1 Å². The van der Waals surface area contributed by atoms with Gasteiger partial charge in [0.2, 0.25) is 0 Å². The molecule has 0 bridgehead atoms. The molecule has 5 heteroatoms. The molecule has 0 aliphatic carbocycles.